The maximum atomic E-state index is 14.4. The van der Waals surface area contributed by atoms with Crippen molar-refractivity contribution in [2.24, 2.45) is 17.6 Å². The van der Waals surface area contributed by atoms with Crippen LogP contribution in [0.5, 0.6) is 5.75 Å². The summed E-state index contributed by atoms with van der Waals surface area (Å²) in [5.41, 5.74) is 4.58. The SMILES string of the molecule is C=C/C(=C\C=C(/C)NC(=O)O[C@H]1CC(=O)N(C)c2cc(cc(OC)c2Cl)C/C(C)=C/C=C/[C@@H](OC)[C@@]2(O)C[C@H](OC(=O)N2)[C@@H](C)[C@@H]2O[C@@]12C)NC(=O)[C@H](CCCNC(N)=O)NC(=O)[C@@H](NCCCCCOC(CBr)CBr)C(C)C. The van der Waals surface area contributed by atoms with Crippen LogP contribution in [0.2, 0.25) is 5.02 Å². The Labute approximate surface area is 486 Å². The number of alkyl carbamates (subject to hydrolysis) is 2. The van der Waals surface area contributed by atoms with Crippen LogP contribution in [0.15, 0.2) is 72.1 Å². The number of nitrogens with one attached hydrogen (secondary N) is 6. The highest BCUT2D eigenvalue weighted by Crippen LogP contribution is 2.49. The number of nitrogens with zero attached hydrogens (tertiary/aromatic N) is 1. The molecule has 0 aliphatic carbocycles. The van der Waals surface area contributed by atoms with Gasteiger partial charge in [0.25, 0.3) is 0 Å². The molecule has 1 aromatic carbocycles. The van der Waals surface area contributed by atoms with Crippen molar-refractivity contribution in [1.82, 2.24) is 31.9 Å². The number of alkyl halides is 2. The summed E-state index contributed by atoms with van der Waals surface area (Å²) in [4.78, 5) is 81.7. The van der Waals surface area contributed by atoms with Crippen LogP contribution in [0.25, 0.3) is 0 Å². The van der Waals surface area contributed by atoms with E-state index in [2.05, 4.69) is 70.3 Å². The molecule has 3 aliphatic rings. The summed E-state index contributed by atoms with van der Waals surface area (Å²) in [6.07, 6.45) is 6.97. The van der Waals surface area contributed by atoms with Gasteiger partial charge in [0, 0.05) is 61.7 Å². The molecule has 3 aliphatic heterocycles. The fraction of sp³-hybridized carbons (Fsp3) is 0.600. The molecule has 21 nitrogen and oxygen atoms in total. The van der Waals surface area contributed by atoms with Gasteiger partial charge in [0.2, 0.25) is 17.7 Å². The Bertz CT molecular complexity index is 2420. The Kier molecular flexibility index (Phi) is 26.8. The van der Waals surface area contributed by atoms with Gasteiger partial charge in [0.15, 0.2) is 5.72 Å². The third kappa shape index (κ3) is 19.9. The van der Waals surface area contributed by atoms with Crippen molar-refractivity contribution < 1.29 is 62.3 Å². The van der Waals surface area contributed by atoms with E-state index in [1.807, 2.05) is 26.8 Å². The van der Waals surface area contributed by atoms with E-state index in [1.165, 1.54) is 37.3 Å². The number of fused-ring (bicyclic) bond motifs is 5. The lowest BCUT2D eigenvalue weighted by atomic mass is 9.83. The van der Waals surface area contributed by atoms with Gasteiger partial charge in [-0.25, -0.2) is 14.4 Å². The van der Waals surface area contributed by atoms with E-state index in [1.54, 1.807) is 52.1 Å². The Morgan fingerprint density at radius 3 is 2.43 bits per heavy atom. The zero-order valence-corrected chi connectivity index (χ0v) is 50.6. The molecule has 3 heterocycles. The molecule has 0 radical (unpaired) electrons. The van der Waals surface area contributed by atoms with Gasteiger partial charge in [0.05, 0.1) is 37.5 Å². The van der Waals surface area contributed by atoms with Gasteiger partial charge >= 0.3 is 18.2 Å². The fourth-order valence-corrected chi connectivity index (χ4v) is 11.1. The molecule has 9 atom stereocenters. The van der Waals surface area contributed by atoms with Crippen LogP contribution >= 0.6 is 43.5 Å². The largest absolute Gasteiger partial charge is 0.495 e. The number of allylic oxidation sites excluding steroid dienone is 7. The normalized spacial score (nSPS) is 25.6. The van der Waals surface area contributed by atoms with E-state index >= 15 is 0 Å². The van der Waals surface area contributed by atoms with Crippen LogP contribution in [-0.2, 0) is 44.5 Å². The van der Waals surface area contributed by atoms with Crippen LogP contribution in [-0.4, -0.2) is 147 Å². The van der Waals surface area contributed by atoms with Gasteiger partial charge in [-0.05, 0) is 108 Å². The monoisotopic (exact) mass is 1250 g/mol. The summed E-state index contributed by atoms with van der Waals surface area (Å²) < 4.78 is 35.2. The van der Waals surface area contributed by atoms with Gasteiger partial charge in [0.1, 0.15) is 40.7 Å². The van der Waals surface area contributed by atoms with Crippen molar-refractivity contribution in [2.45, 2.75) is 147 Å². The van der Waals surface area contributed by atoms with Crippen molar-refractivity contribution in [3.8, 4) is 5.75 Å². The molecule has 2 fully saturated rings. The first-order valence-corrected chi connectivity index (χ1v) is 29.0. The number of halogens is 3. The number of benzene rings is 1. The molecule has 4 rings (SSSR count). The Morgan fingerprint density at radius 2 is 1.78 bits per heavy atom. The molecule has 79 heavy (non-hydrogen) atoms. The number of methoxy groups -OCH3 is 2. The highest BCUT2D eigenvalue weighted by molar-refractivity contribution is 9.09. The van der Waals surface area contributed by atoms with Crippen molar-refractivity contribution >= 4 is 85.1 Å². The van der Waals surface area contributed by atoms with Gasteiger partial charge in [-0.1, -0.05) is 94.6 Å². The molecule has 9 N–H and O–H groups in total. The quantitative estimate of drug-likeness (QED) is 0.0216. The number of rotatable bonds is 25. The predicted molar refractivity (Wildman–Crippen MR) is 309 cm³/mol. The summed E-state index contributed by atoms with van der Waals surface area (Å²) in [6, 6.07) is 1.19. The fourth-order valence-electron chi connectivity index (χ4n) is 9.29. The summed E-state index contributed by atoms with van der Waals surface area (Å²) in [5, 5.41) is 30.3. The maximum absolute atomic E-state index is 14.4. The van der Waals surface area contributed by atoms with Crippen LogP contribution in [0.3, 0.4) is 0 Å². The summed E-state index contributed by atoms with van der Waals surface area (Å²) in [6.45, 7) is 16.0. The van der Waals surface area contributed by atoms with E-state index in [0.29, 0.717) is 37.4 Å². The first-order chi connectivity index (χ1) is 37.4. The van der Waals surface area contributed by atoms with Crippen molar-refractivity contribution in [3.63, 3.8) is 0 Å². The molecule has 440 valence electrons. The number of carbonyl (C=O) groups is 6. The lowest BCUT2D eigenvalue weighted by Crippen LogP contribution is -2.63. The second-order valence-electron chi connectivity index (χ2n) is 20.5. The molecule has 24 heteroatoms. The Hall–Kier alpha value is -5.01. The number of primary amides is 1. The van der Waals surface area contributed by atoms with Crippen molar-refractivity contribution in [1.29, 1.82) is 0 Å². The first kappa shape index (κ1) is 66.5. The average Bonchev–Trinajstić information content (AvgIpc) is 4.10. The highest BCUT2D eigenvalue weighted by atomic mass is 79.9. The molecular weight excluding hydrogens is 1180 g/mol. The standard InChI is InChI=1S/C55H81Br2ClN8O13/c1-11-37(63-49(68)39(18-16-23-61-51(59)70)64-50(69)47(32(2)3)60-22-13-12-14-24-76-38(30-56)31-57)21-20-34(5)62-52(71)78-44-28-45(67)66(8)40-26-36(27-41(74-9)46(40)58)25-33(4)17-15-19-43(75-10)55(73)29-42(77-53(72)65-55)35(6)48-54(44,7)79-48/h11,15,17,19-21,26-27,32,35,38-39,42-44,47-48,60,73H,1,12-14,16,18,22-25,28-31H2,2-10H3,(H,62,71)(H,63,68)(H,64,69)(H,65,72)(H3,59,61,70)/b19-15+,33-17+,34-20+,37-21+/t35-,39+,42+,43-,44+,47+,48+,54+,55+/m1/s1. The van der Waals surface area contributed by atoms with Gasteiger partial charge in [-0.2, -0.15) is 0 Å². The molecule has 0 spiro atoms. The minimum absolute atomic E-state index is 0.0987. The van der Waals surface area contributed by atoms with Crippen LogP contribution < -0.4 is 47.3 Å². The maximum Gasteiger partial charge on any atom is 0.411 e. The first-order valence-electron chi connectivity index (χ1n) is 26.4. The number of carbonyl (C=O) groups excluding carboxylic acids is 6. The number of amides is 7. The highest BCUT2D eigenvalue weighted by Gasteiger charge is 2.64. The third-order valence-corrected chi connectivity index (χ3v) is 15.8. The predicted octanol–water partition coefficient (Wildman–Crippen LogP) is 6.83. The molecule has 1 aromatic rings. The number of nitrogens with two attached hydrogens (primary N) is 1. The topological polar surface area (TPSA) is 283 Å². The van der Waals surface area contributed by atoms with E-state index in [-0.39, 0.29) is 60.2 Å². The van der Waals surface area contributed by atoms with E-state index in [9.17, 15) is 33.9 Å². The minimum Gasteiger partial charge on any atom is -0.495 e. The number of epoxide rings is 1. The second kappa shape index (κ2) is 31.8. The number of hydrogen-bond acceptors (Lipinski definition) is 14. The Balaban J connectivity index is 1.55. The van der Waals surface area contributed by atoms with Gasteiger partial charge in [-0.3, -0.25) is 25.0 Å². The number of aliphatic hydroxyl groups is 1. The Morgan fingerprint density at radius 1 is 1.06 bits per heavy atom. The average molecular weight is 1260 g/mol. The van der Waals surface area contributed by atoms with E-state index in [4.69, 9.17) is 45.8 Å². The molecule has 0 saturated carbocycles. The minimum atomic E-state index is -1.88. The number of ether oxygens (including phenoxy) is 6. The third-order valence-electron chi connectivity index (χ3n) is 13.9. The van der Waals surface area contributed by atoms with Crippen LogP contribution in [0.4, 0.5) is 20.1 Å². The second-order valence-corrected chi connectivity index (χ2v) is 22.2. The van der Waals surface area contributed by atoms with Gasteiger partial charge < -0.3 is 65.4 Å². The molecule has 2 saturated heterocycles. The lowest BCUT2D eigenvalue weighted by molar-refractivity contribution is -0.142. The number of urea groups is 1. The van der Waals surface area contributed by atoms with Crippen molar-refractivity contribution in [2.75, 3.05) is 56.5 Å². The molecule has 0 unspecified atom stereocenters. The van der Waals surface area contributed by atoms with Crippen LogP contribution in [0.1, 0.15) is 92.1 Å². The number of anilines is 1. The molecule has 0 aromatic heterocycles. The lowest BCUT2D eigenvalue weighted by Gasteiger charge is -2.42. The van der Waals surface area contributed by atoms with Crippen LogP contribution in [0, 0.1) is 11.8 Å². The summed E-state index contributed by atoms with van der Waals surface area (Å²) >= 11 is 13.7. The van der Waals surface area contributed by atoms with Gasteiger partial charge in [-0.15, -0.1) is 0 Å². The number of hydrogen-bond donors (Lipinski definition) is 8. The smallest absolute Gasteiger partial charge is 0.411 e. The summed E-state index contributed by atoms with van der Waals surface area (Å²) in [5.74, 6) is -1.79. The van der Waals surface area contributed by atoms with E-state index in [0.717, 1.165) is 41.1 Å². The van der Waals surface area contributed by atoms with Crippen molar-refractivity contribution in [3.05, 3.63) is 82.7 Å². The molecule has 7 amide bonds. The summed E-state index contributed by atoms with van der Waals surface area (Å²) in [7, 11) is 4.44. The zero-order chi connectivity index (χ0) is 58.6. The molecule has 4 bridgehead atoms. The van der Waals surface area contributed by atoms with E-state index < -0.39 is 83.8 Å². The zero-order valence-electron chi connectivity index (χ0n) is 46.7. The number of unbranched alkanes of at least 4 members (excludes halogenated alkanes) is 2. The molecular formula is C55H81Br2ClN8O13.